The number of rotatable bonds is 7. The van der Waals surface area contributed by atoms with Crippen molar-refractivity contribution in [3.8, 4) is 0 Å². The van der Waals surface area contributed by atoms with Gasteiger partial charge in [0.2, 0.25) is 5.95 Å². The van der Waals surface area contributed by atoms with Crippen LogP contribution in [0.3, 0.4) is 0 Å². The van der Waals surface area contributed by atoms with Gasteiger partial charge >= 0.3 is 0 Å². The normalized spacial score (nSPS) is 10.2. The first-order chi connectivity index (χ1) is 9.79. The van der Waals surface area contributed by atoms with Crippen LogP contribution in [0, 0.1) is 0 Å². The molecule has 106 valence electrons. The Morgan fingerprint density at radius 2 is 2.30 bits per heavy atom. The van der Waals surface area contributed by atoms with Crippen molar-refractivity contribution in [3.05, 3.63) is 42.1 Å². The van der Waals surface area contributed by atoms with E-state index < -0.39 is 0 Å². The van der Waals surface area contributed by atoms with Gasteiger partial charge in [-0.05, 0) is 24.6 Å². The van der Waals surface area contributed by atoms with Crippen LogP contribution in [0.5, 0.6) is 0 Å². The van der Waals surface area contributed by atoms with Crippen LogP contribution in [0.4, 0.5) is 5.95 Å². The number of hydrogen-bond donors (Lipinski definition) is 2. The fourth-order valence-electron chi connectivity index (χ4n) is 1.62. The van der Waals surface area contributed by atoms with E-state index in [1.807, 2.05) is 0 Å². The summed E-state index contributed by atoms with van der Waals surface area (Å²) >= 11 is 0. The second kappa shape index (κ2) is 7.28. The monoisotopic (exact) mass is 274 g/mol. The number of nitrogens with zero attached hydrogens (tertiary/aromatic N) is 2. The topological polar surface area (TPSA) is 80.0 Å². The second-order valence-corrected chi connectivity index (χ2v) is 4.31. The number of anilines is 1. The van der Waals surface area contributed by atoms with Crippen LogP contribution >= 0.6 is 0 Å². The molecule has 2 aromatic heterocycles. The van der Waals surface area contributed by atoms with E-state index in [1.54, 1.807) is 30.7 Å². The predicted octanol–water partition coefficient (Wildman–Crippen LogP) is 2.21. The Bertz CT molecular complexity index is 540. The smallest absolute Gasteiger partial charge is 0.270 e. The minimum Gasteiger partial charge on any atom is -0.467 e. The Morgan fingerprint density at radius 3 is 3.05 bits per heavy atom. The molecule has 20 heavy (non-hydrogen) atoms. The van der Waals surface area contributed by atoms with Gasteiger partial charge in [-0.25, -0.2) is 9.97 Å². The third-order valence-corrected chi connectivity index (χ3v) is 2.70. The van der Waals surface area contributed by atoms with E-state index in [-0.39, 0.29) is 5.91 Å². The fraction of sp³-hybridized carbons (Fsp3) is 0.357. The molecule has 0 aliphatic heterocycles. The largest absolute Gasteiger partial charge is 0.467 e. The molecule has 0 aromatic carbocycles. The molecular weight excluding hydrogens is 256 g/mol. The van der Waals surface area contributed by atoms with Crippen LogP contribution in [-0.4, -0.2) is 22.4 Å². The van der Waals surface area contributed by atoms with Crippen molar-refractivity contribution in [1.29, 1.82) is 0 Å². The number of unbranched alkanes of at least 4 members (excludes halogenated alkanes) is 1. The molecule has 2 rings (SSSR count). The molecule has 0 aliphatic carbocycles. The van der Waals surface area contributed by atoms with Crippen LogP contribution < -0.4 is 10.6 Å². The van der Waals surface area contributed by atoms with Gasteiger partial charge in [0.15, 0.2) is 0 Å². The van der Waals surface area contributed by atoms with Crippen molar-refractivity contribution in [3.63, 3.8) is 0 Å². The van der Waals surface area contributed by atoms with Crippen LogP contribution in [0.15, 0.2) is 35.1 Å². The maximum atomic E-state index is 12.0. The Kier molecular flexibility index (Phi) is 5.11. The lowest BCUT2D eigenvalue weighted by Gasteiger charge is -2.06. The quantitative estimate of drug-likeness (QED) is 0.757. The molecule has 0 fully saturated rings. The van der Waals surface area contributed by atoms with E-state index in [0.717, 1.165) is 19.4 Å². The first-order valence-electron chi connectivity index (χ1n) is 6.67. The van der Waals surface area contributed by atoms with Gasteiger partial charge in [0.1, 0.15) is 11.5 Å². The maximum absolute atomic E-state index is 12.0. The Balaban J connectivity index is 1.90. The summed E-state index contributed by atoms with van der Waals surface area (Å²) < 4.78 is 5.15. The SMILES string of the molecule is CCCCNc1nccc(C(=O)NCc2ccco2)n1. The van der Waals surface area contributed by atoms with E-state index in [0.29, 0.717) is 23.9 Å². The molecule has 2 aromatic rings. The van der Waals surface area contributed by atoms with Gasteiger partial charge in [-0.3, -0.25) is 4.79 Å². The average Bonchev–Trinajstić information content (AvgIpc) is 2.99. The lowest BCUT2D eigenvalue weighted by molar-refractivity contribution is 0.0943. The minimum absolute atomic E-state index is 0.248. The minimum atomic E-state index is -0.248. The zero-order chi connectivity index (χ0) is 14.2. The van der Waals surface area contributed by atoms with Gasteiger partial charge in [0.05, 0.1) is 12.8 Å². The zero-order valence-corrected chi connectivity index (χ0v) is 11.4. The first-order valence-corrected chi connectivity index (χ1v) is 6.67. The Morgan fingerprint density at radius 1 is 1.40 bits per heavy atom. The summed E-state index contributed by atoms with van der Waals surface area (Å²) in [5, 5.41) is 5.83. The third kappa shape index (κ3) is 4.08. The summed E-state index contributed by atoms with van der Waals surface area (Å²) in [4.78, 5) is 20.2. The molecule has 0 saturated carbocycles. The van der Waals surface area contributed by atoms with Gasteiger partial charge < -0.3 is 15.1 Å². The highest BCUT2D eigenvalue weighted by molar-refractivity contribution is 5.92. The Hall–Kier alpha value is -2.37. The van der Waals surface area contributed by atoms with Crippen LogP contribution in [-0.2, 0) is 6.54 Å². The van der Waals surface area contributed by atoms with Gasteiger partial charge in [-0.2, -0.15) is 0 Å². The number of hydrogen-bond acceptors (Lipinski definition) is 5. The highest BCUT2D eigenvalue weighted by Gasteiger charge is 2.09. The van der Waals surface area contributed by atoms with Crippen molar-refractivity contribution in [2.24, 2.45) is 0 Å². The molecule has 2 heterocycles. The van der Waals surface area contributed by atoms with E-state index in [9.17, 15) is 4.79 Å². The van der Waals surface area contributed by atoms with E-state index in [2.05, 4.69) is 27.5 Å². The summed E-state index contributed by atoms with van der Waals surface area (Å²) in [5.41, 5.74) is 0.338. The molecule has 6 nitrogen and oxygen atoms in total. The average molecular weight is 274 g/mol. The van der Waals surface area contributed by atoms with Crippen LogP contribution in [0.2, 0.25) is 0 Å². The van der Waals surface area contributed by atoms with Gasteiger partial charge in [-0.15, -0.1) is 0 Å². The molecule has 6 heteroatoms. The molecule has 0 saturated heterocycles. The summed E-state index contributed by atoms with van der Waals surface area (Å²) in [6, 6.07) is 5.17. The maximum Gasteiger partial charge on any atom is 0.270 e. The van der Waals surface area contributed by atoms with Crippen molar-refractivity contribution < 1.29 is 9.21 Å². The van der Waals surface area contributed by atoms with Gasteiger partial charge in [0, 0.05) is 12.7 Å². The van der Waals surface area contributed by atoms with Crippen molar-refractivity contribution >= 4 is 11.9 Å². The van der Waals surface area contributed by atoms with Gasteiger partial charge in [-0.1, -0.05) is 13.3 Å². The number of nitrogens with one attached hydrogen (secondary N) is 2. The van der Waals surface area contributed by atoms with E-state index in [1.165, 1.54) is 0 Å². The van der Waals surface area contributed by atoms with Crippen LogP contribution in [0.25, 0.3) is 0 Å². The number of carbonyl (C=O) groups excluding carboxylic acids is 1. The lowest BCUT2D eigenvalue weighted by Crippen LogP contribution is -2.24. The van der Waals surface area contributed by atoms with Crippen molar-refractivity contribution in [1.82, 2.24) is 15.3 Å². The van der Waals surface area contributed by atoms with Gasteiger partial charge in [0.25, 0.3) is 5.91 Å². The molecule has 2 N–H and O–H groups in total. The number of amides is 1. The molecule has 1 amide bonds. The lowest BCUT2D eigenvalue weighted by atomic mass is 10.3. The van der Waals surface area contributed by atoms with Crippen molar-refractivity contribution in [2.75, 3.05) is 11.9 Å². The first kappa shape index (κ1) is 14.0. The second-order valence-electron chi connectivity index (χ2n) is 4.31. The number of aromatic nitrogens is 2. The number of carbonyl (C=O) groups is 1. The van der Waals surface area contributed by atoms with E-state index >= 15 is 0 Å². The predicted molar refractivity (Wildman–Crippen MR) is 75.3 cm³/mol. The molecule has 0 aliphatic rings. The molecule has 0 atom stereocenters. The molecule has 0 unspecified atom stereocenters. The van der Waals surface area contributed by atoms with E-state index in [4.69, 9.17) is 4.42 Å². The summed E-state index contributed by atoms with van der Waals surface area (Å²) in [6.45, 7) is 3.25. The number of furan rings is 1. The Labute approximate surface area is 117 Å². The zero-order valence-electron chi connectivity index (χ0n) is 11.4. The summed E-state index contributed by atoms with van der Waals surface area (Å²) in [5.74, 6) is 0.931. The molecule has 0 spiro atoms. The summed E-state index contributed by atoms with van der Waals surface area (Å²) in [7, 11) is 0. The molecular formula is C14H18N4O2. The highest BCUT2D eigenvalue weighted by atomic mass is 16.3. The standard InChI is InChI=1S/C14H18N4O2/c1-2-3-7-15-14-16-8-6-12(18-14)13(19)17-10-11-5-4-9-20-11/h4-6,8-9H,2-3,7,10H2,1H3,(H,17,19)(H,15,16,18). The van der Waals surface area contributed by atoms with Crippen molar-refractivity contribution in [2.45, 2.75) is 26.3 Å². The fourth-order valence-corrected chi connectivity index (χ4v) is 1.62. The molecule has 0 radical (unpaired) electrons. The third-order valence-electron chi connectivity index (χ3n) is 2.70. The molecule has 0 bridgehead atoms. The van der Waals surface area contributed by atoms with Crippen LogP contribution in [0.1, 0.15) is 36.0 Å². The summed E-state index contributed by atoms with van der Waals surface area (Å²) in [6.07, 6.45) is 5.28. The highest BCUT2D eigenvalue weighted by Crippen LogP contribution is 2.03.